The number of fused-ring (bicyclic) bond motifs is 1. The van der Waals surface area contributed by atoms with E-state index >= 15 is 0 Å². The first-order chi connectivity index (χ1) is 10.1. The van der Waals surface area contributed by atoms with Gasteiger partial charge in [-0.2, -0.15) is 0 Å². The van der Waals surface area contributed by atoms with Gasteiger partial charge in [0.2, 0.25) is 5.91 Å². The van der Waals surface area contributed by atoms with Crippen molar-refractivity contribution in [3.05, 3.63) is 36.5 Å². The molecule has 1 aliphatic heterocycles. The Balaban J connectivity index is 1.78. The first-order valence-electron chi connectivity index (χ1n) is 6.38. The van der Waals surface area contributed by atoms with Crippen LogP contribution < -0.4 is 16.2 Å². The Kier molecular flexibility index (Phi) is 3.23. The van der Waals surface area contributed by atoms with E-state index in [4.69, 9.17) is 0 Å². The van der Waals surface area contributed by atoms with Crippen molar-refractivity contribution in [3.63, 3.8) is 0 Å². The zero-order chi connectivity index (χ0) is 14.8. The van der Waals surface area contributed by atoms with Gasteiger partial charge in [-0.25, -0.2) is 0 Å². The smallest absolute Gasteiger partial charge is 0.251 e. The summed E-state index contributed by atoms with van der Waals surface area (Å²) in [6.07, 6.45) is 1.43. The number of nitrogens with zero attached hydrogens (tertiary/aromatic N) is 1. The second-order valence-electron chi connectivity index (χ2n) is 4.66. The molecule has 0 aliphatic carbocycles. The van der Waals surface area contributed by atoms with Crippen molar-refractivity contribution < 1.29 is 14.4 Å². The summed E-state index contributed by atoms with van der Waals surface area (Å²) < 4.78 is 0. The summed E-state index contributed by atoms with van der Waals surface area (Å²) >= 11 is 0. The molecule has 1 fully saturated rings. The van der Waals surface area contributed by atoms with Gasteiger partial charge >= 0.3 is 0 Å². The molecular weight excluding hydrogens is 272 g/mol. The van der Waals surface area contributed by atoms with Gasteiger partial charge < -0.3 is 5.32 Å². The van der Waals surface area contributed by atoms with Crippen molar-refractivity contribution in [1.29, 1.82) is 0 Å². The fourth-order valence-electron chi connectivity index (χ4n) is 2.19. The number of benzene rings is 1. The van der Waals surface area contributed by atoms with E-state index in [1.54, 1.807) is 24.4 Å². The second kappa shape index (κ2) is 5.20. The number of hydrogen-bond donors (Lipinski definition) is 3. The first kappa shape index (κ1) is 13.0. The highest BCUT2D eigenvalue weighted by atomic mass is 16.2. The highest BCUT2D eigenvalue weighted by Crippen LogP contribution is 2.21. The van der Waals surface area contributed by atoms with Gasteiger partial charge in [-0.15, -0.1) is 0 Å². The summed E-state index contributed by atoms with van der Waals surface area (Å²) in [5.41, 5.74) is 5.59. The molecule has 106 valence electrons. The van der Waals surface area contributed by atoms with E-state index in [1.165, 1.54) is 0 Å². The van der Waals surface area contributed by atoms with Crippen LogP contribution in [0.5, 0.6) is 0 Å². The molecule has 0 saturated carbocycles. The number of amides is 3. The average Bonchev–Trinajstić information content (AvgIpc) is 2.79. The number of rotatable bonds is 3. The van der Waals surface area contributed by atoms with Gasteiger partial charge in [0.25, 0.3) is 11.8 Å². The summed E-state index contributed by atoms with van der Waals surface area (Å²) in [5, 5.41) is 3.59. The van der Waals surface area contributed by atoms with Gasteiger partial charge in [-0.1, -0.05) is 18.2 Å². The van der Waals surface area contributed by atoms with Crippen molar-refractivity contribution in [2.24, 2.45) is 5.92 Å². The van der Waals surface area contributed by atoms with Gasteiger partial charge in [0, 0.05) is 18.0 Å². The summed E-state index contributed by atoms with van der Waals surface area (Å²) in [5.74, 6) is -2.39. The van der Waals surface area contributed by atoms with Gasteiger partial charge in [-0.3, -0.25) is 30.2 Å². The van der Waals surface area contributed by atoms with E-state index in [0.29, 0.717) is 11.2 Å². The lowest BCUT2D eigenvalue weighted by Gasteiger charge is -2.09. The molecule has 1 aromatic carbocycles. The minimum Gasteiger partial charge on any atom is -0.324 e. The zero-order valence-electron chi connectivity index (χ0n) is 10.9. The van der Waals surface area contributed by atoms with Crippen LogP contribution in [-0.2, 0) is 14.4 Å². The molecule has 3 N–H and O–H groups in total. The molecule has 0 spiro atoms. The molecule has 1 aliphatic rings. The lowest BCUT2D eigenvalue weighted by molar-refractivity contribution is -0.131. The Labute approximate surface area is 119 Å². The van der Waals surface area contributed by atoms with Crippen LogP contribution >= 0.6 is 0 Å². The van der Waals surface area contributed by atoms with Crippen LogP contribution in [0.1, 0.15) is 6.42 Å². The van der Waals surface area contributed by atoms with Crippen molar-refractivity contribution in [3.8, 4) is 0 Å². The number of para-hydroxylation sites is 1. The topological polar surface area (TPSA) is 100 Å². The van der Waals surface area contributed by atoms with E-state index in [9.17, 15) is 14.4 Å². The second-order valence-corrected chi connectivity index (χ2v) is 4.66. The molecule has 0 atom stereocenters. The van der Waals surface area contributed by atoms with Crippen molar-refractivity contribution in [2.45, 2.75) is 6.42 Å². The Hall–Kier alpha value is -2.96. The Morgan fingerprint density at radius 1 is 1.14 bits per heavy atom. The minimum atomic E-state index is -0.993. The van der Waals surface area contributed by atoms with Crippen molar-refractivity contribution in [2.75, 3.05) is 5.32 Å². The largest absolute Gasteiger partial charge is 0.324 e. The third kappa shape index (κ3) is 2.53. The molecule has 3 amide bonds. The summed E-state index contributed by atoms with van der Waals surface area (Å²) in [6.45, 7) is 0. The molecule has 1 aromatic heterocycles. The van der Waals surface area contributed by atoms with Crippen molar-refractivity contribution in [1.82, 2.24) is 15.8 Å². The standard InChI is InChI=1S/C14H12N4O3/c19-11(7-9-13(20)17-18-14(9)21)16-10-5-1-3-8-4-2-6-15-12(8)10/h1-6,9H,7H2,(H,16,19)(H,17,20)(H,18,21). The normalized spacial score (nSPS) is 14.9. The number of anilines is 1. The molecule has 0 bridgehead atoms. The Morgan fingerprint density at radius 3 is 2.62 bits per heavy atom. The summed E-state index contributed by atoms with van der Waals surface area (Å²) in [4.78, 5) is 39.0. The molecule has 2 heterocycles. The molecule has 2 aromatic rings. The van der Waals surface area contributed by atoms with E-state index in [2.05, 4.69) is 21.2 Å². The number of carbonyl (C=O) groups excluding carboxylic acids is 3. The Bertz CT molecular complexity index is 723. The van der Waals surface area contributed by atoms with Crippen LogP contribution in [0.15, 0.2) is 36.5 Å². The first-order valence-corrected chi connectivity index (χ1v) is 6.38. The molecule has 21 heavy (non-hydrogen) atoms. The zero-order valence-corrected chi connectivity index (χ0v) is 10.9. The number of hydrogen-bond acceptors (Lipinski definition) is 4. The number of carbonyl (C=O) groups is 3. The minimum absolute atomic E-state index is 0.207. The number of hydrazine groups is 1. The predicted octanol–water partition coefficient (Wildman–Crippen LogP) is 0.341. The predicted molar refractivity (Wildman–Crippen MR) is 74.8 cm³/mol. The van der Waals surface area contributed by atoms with Gasteiger partial charge in [0.1, 0.15) is 5.92 Å². The van der Waals surface area contributed by atoms with E-state index in [1.807, 2.05) is 12.1 Å². The number of nitrogens with one attached hydrogen (secondary N) is 3. The van der Waals surface area contributed by atoms with Gasteiger partial charge in [0.05, 0.1) is 11.2 Å². The van der Waals surface area contributed by atoms with Crippen LogP contribution in [-0.4, -0.2) is 22.7 Å². The fraction of sp³-hybridized carbons (Fsp3) is 0.143. The molecule has 7 nitrogen and oxygen atoms in total. The molecule has 0 radical (unpaired) electrons. The van der Waals surface area contributed by atoms with E-state index < -0.39 is 23.6 Å². The Morgan fingerprint density at radius 2 is 1.86 bits per heavy atom. The van der Waals surface area contributed by atoms with Gasteiger partial charge in [0.15, 0.2) is 0 Å². The van der Waals surface area contributed by atoms with E-state index in [0.717, 1.165) is 5.39 Å². The quantitative estimate of drug-likeness (QED) is 0.708. The molecule has 7 heteroatoms. The van der Waals surface area contributed by atoms with Crippen LogP contribution in [0, 0.1) is 5.92 Å². The maximum absolute atomic E-state index is 12.0. The third-order valence-electron chi connectivity index (χ3n) is 3.24. The van der Waals surface area contributed by atoms with Crippen LogP contribution in [0.25, 0.3) is 10.9 Å². The number of aromatic nitrogens is 1. The third-order valence-corrected chi connectivity index (χ3v) is 3.24. The highest BCUT2D eigenvalue weighted by molar-refractivity contribution is 6.09. The molecule has 0 unspecified atom stereocenters. The lowest BCUT2D eigenvalue weighted by Crippen LogP contribution is -2.28. The lowest BCUT2D eigenvalue weighted by atomic mass is 10.1. The average molecular weight is 284 g/mol. The van der Waals surface area contributed by atoms with E-state index in [-0.39, 0.29) is 6.42 Å². The van der Waals surface area contributed by atoms with Crippen LogP contribution in [0.3, 0.4) is 0 Å². The number of pyridine rings is 1. The molecule has 1 saturated heterocycles. The monoisotopic (exact) mass is 284 g/mol. The molecular formula is C14H12N4O3. The maximum atomic E-state index is 12.0. The summed E-state index contributed by atoms with van der Waals surface area (Å²) in [7, 11) is 0. The fourth-order valence-corrected chi connectivity index (χ4v) is 2.19. The molecule has 3 rings (SSSR count). The highest BCUT2D eigenvalue weighted by Gasteiger charge is 2.34. The summed E-state index contributed by atoms with van der Waals surface area (Å²) in [6, 6.07) is 9.10. The van der Waals surface area contributed by atoms with Crippen LogP contribution in [0.4, 0.5) is 5.69 Å². The van der Waals surface area contributed by atoms with Gasteiger partial charge in [-0.05, 0) is 12.1 Å². The van der Waals surface area contributed by atoms with Crippen LogP contribution in [0.2, 0.25) is 0 Å². The maximum Gasteiger partial charge on any atom is 0.251 e. The van der Waals surface area contributed by atoms with Crippen molar-refractivity contribution >= 4 is 34.3 Å². The SMILES string of the molecule is O=C(CC1C(=O)NNC1=O)Nc1cccc2cccnc12.